The summed E-state index contributed by atoms with van der Waals surface area (Å²) in [5.41, 5.74) is -1.88. The van der Waals surface area contributed by atoms with E-state index in [9.17, 15) is 23.1 Å². The van der Waals surface area contributed by atoms with Crippen LogP contribution in [0.15, 0.2) is 61.2 Å². The van der Waals surface area contributed by atoms with Gasteiger partial charge in [0.05, 0.1) is 11.5 Å². The number of hydrogen-bond acceptors (Lipinski definition) is 2. The molecule has 1 aliphatic rings. The molecule has 1 amide bonds. The predicted molar refractivity (Wildman–Crippen MR) is 143 cm³/mol. The molecule has 1 fully saturated rings. The van der Waals surface area contributed by atoms with Crippen LogP contribution in [-0.4, -0.2) is 33.7 Å². The molecule has 2 unspecified atom stereocenters. The van der Waals surface area contributed by atoms with Crippen molar-refractivity contribution in [1.29, 1.82) is 0 Å². The van der Waals surface area contributed by atoms with Crippen molar-refractivity contribution in [3.05, 3.63) is 82.4 Å². The Morgan fingerprint density at radius 3 is 2.35 bits per heavy atom. The summed E-state index contributed by atoms with van der Waals surface area (Å²) in [6.07, 6.45) is -2.23. The Hall–Kier alpha value is -2.02. The summed E-state index contributed by atoms with van der Waals surface area (Å²) in [4.78, 5) is 16.0. The second-order valence-corrected chi connectivity index (χ2v) is 11.4. The molecule has 1 saturated heterocycles. The van der Waals surface area contributed by atoms with Crippen LogP contribution in [0, 0.1) is 5.41 Å². The first-order chi connectivity index (χ1) is 17.2. The van der Waals surface area contributed by atoms with Gasteiger partial charge < -0.3 is 10.0 Å². The van der Waals surface area contributed by atoms with Crippen LogP contribution in [0.1, 0.15) is 76.0 Å². The number of rotatable bonds is 9. The summed E-state index contributed by atoms with van der Waals surface area (Å²) in [5.74, 6) is -0.316. The van der Waals surface area contributed by atoms with Crippen LogP contribution in [0.3, 0.4) is 0 Å². The monoisotopic (exact) mass is 555 g/mol. The van der Waals surface area contributed by atoms with E-state index >= 15 is 0 Å². The third-order valence-electron chi connectivity index (χ3n) is 7.62. The van der Waals surface area contributed by atoms with Gasteiger partial charge in [0.25, 0.3) is 0 Å². The number of piperidine rings is 1. The molecule has 3 nitrogen and oxygen atoms in total. The van der Waals surface area contributed by atoms with Crippen molar-refractivity contribution in [3.63, 3.8) is 0 Å². The van der Waals surface area contributed by atoms with Crippen molar-refractivity contribution >= 4 is 29.1 Å². The number of hydrogen-bond donors (Lipinski definition) is 1. The van der Waals surface area contributed by atoms with E-state index in [4.69, 9.17) is 23.2 Å². The number of likely N-dealkylation sites (tertiary alicyclic amines) is 1. The molecule has 2 aromatic rings. The molecule has 37 heavy (non-hydrogen) atoms. The van der Waals surface area contributed by atoms with E-state index < -0.39 is 35.7 Å². The van der Waals surface area contributed by atoms with Gasteiger partial charge in [-0.15, -0.1) is 6.58 Å². The molecule has 0 aliphatic carbocycles. The first-order valence-corrected chi connectivity index (χ1v) is 13.2. The number of amides is 1. The maximum Gasteiger partial charge on any atom is 0.416 e. The number of aliphatic hydroxyl groups is 1. The van der Waals surface area contributed by atoms with Crippen molar-refractivity contribution in [2.75, 3.05) is 0 Å². The highest BCUT2D eigenvalue weighted by Crippen LogP contribution is 2.53. The maximum atomic E-state index is 14.2. The third-order valence-corrected chi connectivity index (χ3v) is 8.11. The molecule has 3 rings (SSSR count). The van der Waals surface area contributed by atoms with E-state index in [2.05, 4.69) is 6.58 Å². The fourth-order valence-corrected chi connectivity index (χ4v) is 5.74. The van der Waals surface area contributed by atoms with Crippen molar-refractivity contribution in [2.24, 2.45) is 5.41 Å². The van der Waals surface area contributed by atoms with E-state index in [1.807, 2.05) is 44.2 Å². The largest absolute Gasteiger partial charge is 0.416 e. The summed E-state index contributed by atoms with van der Waals surface area (Å²) in [6, 6.07) is 13.7. The van der Waals surface area contributed by atoms with Gasteiger partial charge in [0, 0.05) is 22.0 Å². The minimum absolute atomic E-state index is 0.00866. The minimum atomic E-state index is -4.77. The smallest absolute Gasteiger partial charge is 0.381 e. The lowest BCUT2D eigenvalue weighted by Gasteiger charge is -2.52. The summed E-state index contributed by atoms with van der Waals surface area (Å²) in [7, 11) is 0. The van der Waals surface area contributed by atoms with E-state index in [0.29, 0.717) is 29.3 Å². The lowest BCUT2D eigenvalue weighted by molar-refractivity contribution is -0.256. The SMILES string of the molecule is C=CC[C@@]1(C)C[C@H](c2cccc(Cl)c2)C(c2ccc(Cl)cc2)N(C(CC)CC[C@@](C)(O)C(F)(F)F)C1=O. The highest BCUT2D eigenvalue weighted by molar-refractivity contribution is 6.30. The lowest BCUT2D eigenvalue weighted by Crippen LogP contribution is -2.56. The van der Waals surface area contributed by atoms with Gasteiger partial charge in [0.1, 0.15) is 0 Å². The summed E-state index contributed by atoms with van der Waals surface area (Å²) < 4.78 is 40.4. The highest BCUT2D eigenvalue weighted by atomic mass is 35.5. The third kappa shape index (κ3) is 6.35. The number of carbonyl (C=O) groups excluding carboxylic acids is 1. The van der Waals surface area contributed by atoms with Crippen LogP contribution in [0.5, 0.6) is 0 Å². The molecular weight excluding hydrogens is 522 g/mol. The molecule has 1 heterocycles. The molecule has 5 atom stereocenters. The van der Waals surface area contributed by atoms with E-state index in [0.717, 1.165) is 18.1 Å². The zero-order valence-electron chi connectivity index (χ0n) is 21.4. The van der Waals surface area contributed by atoms with E-state index in [1.54, 1.807) is 29.2 Å². The Morgan fingerprint density at radius 2 is 1.81 bits per heavy atom. The molecule has 2 aromatic carbocycles. The van der Waals surface area contributed by atoms with Crippen LogP contribution >= 0.6 is 23.2 Å². The molecule has 1 N–H and O–H groups in total. The van der Waals surface area contributed by atoms with Gasteiger partial charge in [0.2, 0.25) is 5.91 Å². The number of benzene rings is 2. The normalized spacial score (nSPS) is 25.0. The Kier molecular flexibility index (Phi) is 9.09. The van der Waals surface area contributed by atoms with Gasteiger partial charge >= 0.3 is 6.18 Å². The van der Waals surface area contributed by atoms with Gasteiger partial charge in [-0.05, 0) is 74.4 Å². The van der Waals surface area contributed by atoms with Gasteiger partial charge in [-0.25, -0.2) is 0 Å². The quantitative estimate of drug-likeness (QED) is 0.315. The zero-order chi connectivity index (χ0) is 27.6. The molecule has 0 saturated carbocycles. The number of halogens is 5. The number of nitrogens with zero attached hydrogens (tertiary/aromatic N) is 1. The fraction of sp³-hybridized carbons (Fsp3) is 0.483. The van der Waals surface area contributed by atoms with Crippen LogP contribution in [0.4, 0.5) is 13.2 Å². The summed E-state index contributed by atoms with van der Waals surface area (Å²) >= 11 is 12.5. The second-order valence-electron chi connectivity index (χ2n) is 10.5. The van der Waals surface area contributed by atoms with Crippen LogP contribution in [0.25, 0.3) is 0 Å². The van der Waals surface area contributed by atoms with E-state index in [1.165, 1.54) is 0 Å². The lowest BCUT2D eigenvalue weighted by atomic mass is 9.67. The average molecular weight is 556 g/mol. The first-order valence-electron chi connectivity index (χ1n) is 12.5. The maximum absolute atomic E-state index is 14.2. The van der Waals surface area contributed by atoms with Crippen molar-refractivity contribution < 1.29 is 23.1 Å². The number of allylic oxidation sites excluding steroid dienone is 1. The standard InChI is InChI=1S/C29H34Cl2F3NO2/c1-5-15-27(3)18-24(20-8-7-9-22(31)17-20)25(19-10-12-21(30)13-11-19)35(26(27)36)23(6-2)14-16-28(4,37)29(32,33)34/h5,7-13,17,23-25,37H,1,6,14-16,18H2,2-4H3/t23?,24-,25?,27+,28-/m1/s1. The number of alkyl halides is 3. The molecule has 0 bridgehead atoms. The molecule has 0 spiro atoms. The van der Waals surface area contributed by atoms with Gasteiger partial charge in [0.15, 0.2) is 5.60 Å². The first kappa shape index (κ1) is 29.5. The Morgan fingerprint density at radius 1 is 1.16 bits per heavy atom. The molecule has 0 radical (unpaired) electrons. The average Bonchev–Trinajstić information content (AvgIpc) is 2.82. The Labute approximate surface area is 227 Å². The molecular formula is C29H34Cl2F3NO2. The van der Waals surface area contributed by atoms with Gasteiger partial charge in [-0.1, -0.05) is 67.4 Å². The second kappa shape index (κ2) is 11.4. The topological polar surface area (TPSA) is 40.5 Å². The predicted octanol–water partition coefficient (Wildman–Crippen LogP) is 8.51. The summed E-state index contributed by atoms with van der Waals surface area (Å²) in [6.45, 7) is 8.38. The fourth-order valence-electron chi connectivity index (χ4n) is 5.42. The highest BCUT2D eigenvalue weighted by Gasteiger charge is 2.53. The summed E-state index contributed by atoms with van der Waals surface area (Å²) in [5, 5.41) is 11.3. The van der Waals surface area contributed by atoms with Crippen molar-refractivity contribution in [1.82, 2.24) is 4.90 Å². The van der Waals surface area contributed by atoms with Crippen LogP contribution in [-0.2, 0) is 4.79 Å². The Bertz CT molecular complexity index is 1100. The van der Waals surface area contributed by atoms with Crippen molar-refractivity contribution in [2.45, 2.75) is 82.7 Å². The van der Waals surface area contributed by atoms with E-state index in [-0.39, 0.29) is 18.2 Å². The Balaban J connectivity index is 2.16. The van der Waals surface area contributed by atoms with Gasteiger partial charge in [-0.2, -0.15) is 13.2 Å². The van der Waals surface area contributed by atoms with Gasteiger partial charge in [-0.3, -0.25) is 4.79 Å². The zero-order valence-corrected chi connectivity index (χ0v) is 22.9. The van der Waals surface area contributed by atoms with Crippen molar-refractivity contribution in [3.8, 4) is 0 Å². The van der Waals surface area contributed by atoms with Crippen LogP contribution < -0.4 is 0 Å². The van der Waals surface area contributed by atoms with Crippen LogP contribution in [0.2, 0.25) is 10.0 Å². The molecule has 202 valence electrons. The number of carbonyl (C=O) groups is 1. The molecule has 8 heteroatoms. The minimum Gasteiger partial charge on any atom is -0.381 e. The molecule has 0 aromatic heterocycles. The molecule has 1 aliphatic heterocycles.